The molecular formula is C16H26N4O2. The predicted molar refractivity (Wildman–Crippen MR) is 82.8 cm³/mol. The summed E-state index contributed by atoms with van der Waals surface area (Å²) in [7, 11) is 0. The highest BCUT2D eigenvalue weighted by Gasteiger charge is 2.31. The lowest BCUT2D eigenvalue weighted by Crippen LogP contribution is -2.40. The maximum atomic E-state index is 11.3. The SMILES string of the molecule is CC(C)N1CCCC(Cc2nnc3n2CCCC3C(=O)O)C1. The zero-order valence-electron chi connectivity index (χ0n) is 13.5. The van der Waals surface area contributed by atoms with Gasteiger partial charge >= 0.3 is 5.97 Å². The van der Waals surface area contributed by atoms with Gasteiger partial charge in [0, 0.05) is 25.6 Å². The van der Waals surface area contributed by atoms with E-state index >= 15 is 0 Å². The van der Waals surface area contributed by atoms with Crippen LogP contribution in [0.4, 0.5) is 0 Å². The number of carbonyl (C=O) groups is 1. The Hall–Kier alpha value is -1.43. The Balaban J connectivity index is 1.72. The second-order valence-corrected chi connectivity index (χ2v) is 6.96. The molecule has 1 saturated heterocycles. The Kier molecular flexibility index (Phi) is 4.47. The van der Waals surface area contributed by atoms with Crippen molar-refractivity contribution in [2.24, 2.45) is 5.92 Å². The van der Waals surface area contributed by atoms with Crippen molar-refractivity contribution in [2.45, 2.75) is 64.5 Å². The van der Waals surface area contributed by atoms with Crippen molar-refractivity contribution in [2.75, 3.05) is 13.1 Å². The Morgan fingerprint density at radius 3 is 2.77 bits per heavy atom. The molecule has 2 aliphatic heterocycles. The van der Waals surface area contributed by atoms with Crippen LogP contribution >= 0.6 is 0 Å². The number of piperidine rings is 1. The van der Waals surface area contributed by atoms with E-state index in [0.29, 0.717) is 24.2 Å². The molecule has 0 aliphatic carbocycles. The number of aromatic nitrogens is 3. The minimum absolute atomic E-state index is 0.478. The molecule has 122 valence electrons. The maximum absolute atomic E-state index is 11.3. The average molecular weight is 306 g/mol. The van der Waals surface area contributed by atoms with Gasteiger partial charge in [0.15, 0.2) is 0 Å². The second kappa shape index (κ2) is 6.36. The van der Waals surface area contributed by atoms with Crippen molar-refractivity contribution in [3.8, 4) is 0 Å². The highest BCUT2D eigenvalue weighted by Crippen LogP contribution is 2.28. The van der Waals surface area contributed by atoms with Gasteiger partial charge in [-0.2, -0.15) is 0 Å². The molecule has 1 N–H and O–H groups in total. The van der Waals surface area contributed by atoms with Gasteiger partial charge in [0.1, 0.15) is 17.6 Å². The third-order valence-electron chi connectivity index (χ3n) is 5.09. The summed E-state index contributed by atoms with van der Waals surface area (Å²) in [6, 6.07) is 0.589. The highest BCUT2D eigenvalue weighted by atomic mass is 16.4. The molecule has 2 atom stereocenters. The lowest BCUT2D eigenvalue weighted by molar-refractivity contribution is -0.139. The number of fused-ring (bicyclic) bond motifs is 1. The number of hydrogen-bond donors (Lipinski definition) is 1. The van der Waals surface area contributed by atoms with E-state index in [9.17, 15) is 9.90 Å². The zero-order chi connectivity index (χ0) is 15.7. The first-order valence-electron chi connectivity index (χ1n) is 8.45. The van der Waals surface area contributed by atoms with E-state index in [1.54, 1.807) is 0 Å². The minimum Gasteiger partial charge on any atom is -0.481 e. The third-order valence-corrected chi connectivity index (χ3v) is 5.09. The number of rotatable bonds is 4. The molecule has 1 fully saturated rings. The fourth-order valence-electron chi connectivity index (χ4n) is 3.81. The summed E-state index contributed by atoms with van der Waals surface area (Å²) in [5.74, 6) is 0.994. The normalized spacial score (nSPS) is 26.1. The molecule has 22 heavy (non-hydrogen) atoms. The molecule has 3 heterocycles. The quantitative estimate of drug-likeness (QED) is 0.920. The molecule has 3 rings (SSSR count). The lowest BCUT2D eigenvalue weighted by atomic mass is 9.93. The fraction of sp³-hybridized carbons (Fsp3) is 0.812. The van der Waals surface area contributed by atoms with Gasteiger partial charge in [-0.25, -0.2) is 0 Å². The standard InChI is InChI=1S/C16H26N4O2/c1-11(2)19-7-3-5-12(10-19)9-14-17-18-15-13(16(21)22)6-4-8-20(14)15/h11-13H,3-10H2,1-2H3,(H,21,22). The molecule has 2 unspecified atom stereocenters. The molecule has 1 aromatic heterocycles. The Bertz CT molecular complexity index is 540. The zero-order valence-corrected chi connectivity index (χ0v) is 13.5. The topological polar surface area (TPSA) is 71.2 Å². The van der Waals surface area contributed by atoms with Gasteiger partial charge in [0.25, 0.3) is 0 Å². The summed E-state index contributed by atoms with van der Waals surface area (Å²) in [6.45, 7) is 7.66. The maximum Gasteiger partial charge on any atom is 0.314 e. The van der Waals surface area contributed by atoms with Crippen molar-refractivity contribution in [1.29, 1.82) is 0 Å². The molecule has 6 nitrogen and oxygen atoms in total. The number of hydrogen-bond acceptors (Lipinski definition) is 4. The van der Waals surface area contributed by atoms with E-state index in [-0.39, 0.29) is 0 Å². The van der Waals surface area contributed by atoms with E-state index in [1.165, 1.54) is 19.4 Å². The minimum atomic E-state index is -0.774. The first-order chi connectivity index (χ1) is 10.6. The summed E-state index contributed by atoms with van der Waals surface area (Å²) in [4.78, 5) is 13.9. The molecule has 0 radical (unpaired) electrons. The number of likely N-dealkylation sites (tertiary alicyclic amines) is 1. The molecule has 0 amide bonds. The molecule has 0 bridgehead atoms. The molecule has 0 saturated carbocycles. The van der Waals surface area contributed by atoms with Gasteiger partial charge in [-0.05, 0) is 52.0 Å². The molecular weight excluding hydrogens is 280 g/mol. The predicted octanol–water partition coefficient (Wildman–Crippen LogP) is 1.90. The van der Waals surface area contributed by atoms with Crippen molar-refractivity contribution in [3.05, 3.63) is 11.6 Å². The van der Waals surface area contributed by atoms with E-state index < -0.39 is 11.9 Å². The van der Waals surface area contributed by atoms with E-state index in [4.69, 9.17) is 0 Å². The van der Waals surface area contributed by atoms with Gasteiger partial charge in [0.2, 0.25) is 0 Å². The van der Waals surface area contributed by atoms with E-state index in [1.807, 2.05) is 0 Å². The summed E-state index contributed by atoms with van der Waals surface area (Å²) in [5, 5.41) is 17.8. The van der Waals surface area contributed by atoms with Crippen LogP contribution in [0.15, 0.2) is 0 Å². The summed E-state index contributed by atoms with van der Waals surface area (Å²) >= 11 is 0. The van der Waals surface area contributed by atoms with Crippen LogP contribution in [-0.2, 0) is 17.8 Å². The van der Waals surface area contributed by atoms with Gasteiger partial charge < -0.3 is 14.6 Å². The Morgan fingerprint density at radius 1 is 1.27 bits per heavy atom. The molecule has 2 aliphatic rings. The van der Waals surface area contributed by atoms with Crippen LogP contribution in [0.3, 0.4) is 0 Å². The van der Waals surface area contributed by atoms with Crippen LogP contribution in [0.5, 0.6) is 0 Å². The van der Waals surface area contributed by atoms with Gasteiger partial charge in [-0.1, -0.05) is 0 Å². The Labute approximate surface area is 131 Å². The molecule has 0 spiro atoms. The summed E-state index contributed by atoms with van der Waals surface area (Å²) in [6.07, 6.45) is 4.97. The van der Waals surface area contributed by atoms with E-state index in [0.717, 1.165) is 31.8 Å². The first-order valence-corrected chi connectivity index (χ1v) is 8.45. The molecule has 6 heteroatoms. The van der Waals surface area contributed by atoms with Crippen LogP contribution in [0.1, 0.15) is 57.1 Å². The highest BCUT2D eigenvalue weighted by molar-refractivity contribution is 5.75. The molecule has 1 aromatic rings. The van der Waals surface area contributed by atoms with Crippen molar-refractivity contribution in [1.82, 2.24) is 19.7 Å². The van der Waals surface area contributed by atoms with Crippen molar-refractivity contribution >= 4 is 5.97 Å². The van der Waals surface area contributed by atoms with Crippen LogP contribution < -0.4 is 0 Å². The van der Waals surface area contributed by atoms with Crippen molar-refractivity contribution in [3.63, 3.8) is 0 Å². The third kappa shape index (κ3) is 3.02. The monoisotopic (exact) mass is 306 g/mol. The number of carboxylic acids is 1. The fourth-order valence-corrected chi connectivity index (χ4v) is 3.81. The van der Waals surface area contributed by atoms with Gasteiger partial charge in [0.05, 0.1) is 0 Å². The smallest absolute Gasteiger partial charge is 0.314 e. The second-order valence-electron chi connectivity index (χ2n) is 6.96. The number of carboxylic acid groups (broad SMARTS) is 1. The van der Waals surface area contributed by atoms with E-state index in [2.05, 4.69) is 33.5 Å². The Morgan fingerprint density at radius 2 is 2.05 bits per heavy atom. The number of nitrogens with zero attached hydrogens (tertiary/aromatic N) is 4. The number of aliphatic carboxylic acids is 1. The van der Waals surface area contributed by atoms with Gasteiger partial charge in [-0.3, -0.25) is 4.79 Å². The average Bonchev–Trinajstić information content (AvgIpc) is 2.90. The molecule has 0 aromatic carbocycles. The summed E-state index contributed by atoms with van der Waals surface area (Å²) in [5.41, 5.74) is 0. The van der Waals surface area contributed by atoms with Crippen molar-refractivity contribution < 1.29 is 9.90 Å². The summed E-state index contributed by atoms with van der Waals surface area (Å²) < 4.78 is 2.07. The lowest BCUT2D eigenvalue weighted by Gasteiger charge is -2.35. The van der Waals surface area contributed by atoms with Crippen LogP contribution in [0, 0.1) is 5.92 Å². The van der Waals surface area contributed by atoms with Crippen LogP contribution in [-0.4, -0.2) is 49.9 Å². The first kappa shape index (κ1) is 15.5. The van der Waals surface area contributed by atoms with Gasteiger partial charge in [-0.15, -0.1) is 10.2 Å². The van der Waals surface area contributed by atoms with Crippen LogP contribution in [0.2, 0.25) is 0 Å². The largest absolute Gasteiger partial charge is 0.481 e. The van der Waals surface area contributed by atoms with Crippen LogP contribution in [0.25, 0.3) is 0 Å².